The maximum absolute atomic E-state index is 12.5. The van der Waals surface area contributed by atoms with Crippen LogP contribution in [0.25, 0.3) is 0 Å². The molecule has 2 aliphatic heterocycles. The van der Waals surface area contributed by atoms with E-state index in [9.17, 15) is 27.9 Å². The third-order valence-electron chi connectivity index (χ3n) is 4.14. The predicted molar refractivity (Wildman–Crippen MR) is 91.3 cm³/mol. The highest BCUT2D eigenvalue weighted by Gasteiger charge is 2.61. The van der Waals surface area contributed by atoms with Crippen molar-refractivity contribution in [2.45, 2.75) is 38.8 Å². The molecule has 0 radical (unpaired) electrons. The number of carbonyl (C=O) groups excluding carboxylic acids is 2. The SMILES string of the molecule is CC(=O)NCCSC1=C(C(=O)O)N2C(=O)[C@@H](C(C)(C)OS(=O)(=O)O)[C@H]2C1. The number of fused-ring (bicyclic) bond motifs is 1. The van der Waals surface area contributed by atoms with Gasteiger partial charge in [0.2, 0.25) is 11.8 Å². The number of carboxylic acids is 1. The van der Waals surface area contributed by atoms with Crippen molar-refractivity contribution in [2.75, 3.05) is 12.3 Å². The van der Waals surface area contributed by atoms with Crippen LogP contribution >= 0.6 is 11.8 Å². The Morgan fingerprint density at radius 1 is 1.42 bits per heavy atom. The minimum atomic E-state index is -4.77. The molecule has 10 nitrogen and oxygen atoms in total. The summed E-state index contributed by atoms with van der Waals surface area (Å²) in [4.78, 5) is 36.5. The van der Waals surface area contributed by atoms with Gasteiger partial charge in [-0.3, -0.25) is 14.1 Å². The Bertz CT molecular complexity index is 774. The van der Waals surface area contributed by atoms with E-state index in [1.54, 1.807) is 0 Å². The summed E-state index contributed by atoms with van der Waals surface area (Å²) >= 11 is 1.22. The van der Waals surface area contributed by atoms with Crippen LogP contribution in [-0.4, -0.2) is 64.7 Å². The monoisotopic (exact) mass is 408 g/mol. The third-order valence-corrected chi connectivity index (χ3v) is 5.90. The quantitative estimate of drug-likeness (QED) is 0.286. The summed E-state index contributed by atoms with van der Waals surface area (Å²) in [5.74, 6) is -2.51. The Labute approximate surface area is 154 Å². The van der Waals surface area contributed by atoms with Gasteiger partial charge >= 0.3 is 16.4 Å². The van der Waals surface area contributed by atoms with Gasteiger partial charge in [0.1, 0.15) is 5.70 Å². The van der Waals surface area contributed by atoms with Crippen LogP contribution in [0.5, 0.6) is 0 Å². The molecule has 1 saturated heterocycles. The minimum absolute atomic E-state index is 0.133. The summed E-state index contributed by atoms with van der Waals surface area (Å²) in [6.07, 6.45) is 0.237. The van der Waals surface area contributed by atoms with E-state index in [0.29, 0.717) is 17.2 Å². The Morgan fingerprint density at radius 2 is 2.04 bits per heavy atom. The number of thioether (sulfide) groups is 1. The first-order chi connectivity index (χ1) is 11.8. The van der Waals surface area contributed by atoms with Crippen LogP contribution in [0.3, 0.4) is 0 Å². The largest absolute Gasteiger partial charge is 0.477 e. The molecule has 0 bridgehead atoms. The van der Waals surface area contributed by atoms with Gasteiger partial charge in [-0.25, -0.2) is 8.98 Å². The second kappa shape index (κ2) is 7.18. The Balaban J connectivity index is 2.15. The van der Waals surface area contributed by atoms with E-state index < -0.39 is 39.8 Å². The number of carbonyl (C=O) groups is 3. The first-order valence-electron chi connectivity index (χ1n) is 7.70. The van der Waals surface area contributed by atoms with Crippen molar-refractivity contribution in [3.05, 3.63) is 10.6 Å². The Morgan fingerprint density at radius 3 is 2.54 bits per heavy atom. The average molecular weight is 408 g/mol. The highest BCUT2D eigenvalue weighted by atomic mass is 32.3. The number of nitrogens with zero attached hydrogens (tertiary/aromatic N) is 1. The van der Waals surface area contributed by atoms with E-state index >= 15 is 0 Å². The molecule has 12 heteroatoms. The summed E-state index contributed by atoms with van der Waals surface area (Å²) in [6.45, 7) is 4.41. The molecule has 146 valence electrons. The van der Waals surface area contributed by atoms with Crippen molar-refractivity contribution in [3.8, 4) is 0 Å². The molecule has 0 aromatic carbocycles. The van der Waals surface area contributed by atoms with Gasteiger partial charge in [0.15, 0.2) is 0 Å². The van der Waals surface area contributed by atoms with E-state index in [0.717, 1.165) is 4.90 Å². The van der Waals surface area contributed by atoms with Crippen molar-refractivity contribution in [2.24, 2.45) is 5.92 Å². The van der Waals surface area contributed by atoms with E-state index in [1.165, 1.54) is 32.5 Å². The highest BCUT2D eigenvalue weighted by Crippen LogP contribution is 2.50. The van der Waals surface area contributed by atoms with E-state index in [1.807, 2.05) is 0 Å². The molecule has 0 aromatic heterocycles. The standard InChI is InChI=1S/C14H20N2O8S2/c1-7(17)15-4-5-25-9-6-8-10(14(2,3)24-26(21,22)23)12(18)16(8)11(9)13(19)20/h8,10H,4-6H2,1-3H3,(H,15,17)(H,19,20)(H,21,22,23)/t8-,10+/m1/s1. The van der Waals surface area contributed by atoms with Crippen molar-refractivity contribution in [1.82, 2.24) is 10.2 Å². The van der Waals surface area contributed by atoms with Gasteiger partial charge in [0.25, 0.3) is 0 Å². The maximum Gasteiger partial charge on any atom is 0.397 e. The lowest BCUT2D eigenvalue weighted by Gasteiger charge is -2.49. The molecule has 2 amide bonds. The molecule has 2 atom stereocenters. The zero-order chi connectivity index (χ0) is 19.9. The van der Waals surface area contributed by atoms with Gasteiger partial charge in [-0.2, -0.15) is 8.42 Å². The molecule has 3 N–H and O–H groups in total. The fourth-order valence-electron chi connectivity index (χ4n) is 3.29. The molecule has 0 unspecified atom stereocenters. The van der Waals surface area contributed by atoms with Gasteiger partial charge in [0, 0.05) is 30.5 Å². The normalized spacial score (nSPS) is 22.9. The molecule has 2 aliphatic rings. The molecule has 0 aliphatic carbocycles. The topological polar surface area (TPSA) is 150 Å². The fraction of sp³-hybridized carbons (Fsp3) is 0.643. The number of aliphatic carboxylic acids is 1. The van der Waals surface area contributed by atoms with Crippen LogP contribution in [0.4, 0.5) is 0 Å². The number of rotatable bonds is 8. The van der Waals surface area contributed by atoms with Crippen molar-refractivity contribution >= 4 is 39.9 Å². The van der Waals surface area contributed by atoms with Crippen LogP contribution < -0.4 is 5.32 Å². The van der Waals surface area contributed by atoms with Crippen LogP contribution in [0.1, 0.15) is 27.2 Å². The summed E-state index contributed by atoms with van der Waals surface area (Å²) in [6, 6.07) is -0.561. The van der Waals surface area contributed by atoms with E-state index in [2.05, 4.69) is 9.50 Å². The molecule has 0 saturated carbocycles. The third kappa shape index (κ3) is 4.19. The van der Waals surface area contributed by atoms with Gasteiger partial charge in [-0.05, 0) is 13.8 Å². The van der Waals surface area contributed by atoms with Crippen LogP contribution in [0.15, 0.2) is 10.6 Å². The zero-order valence-electron chi connectivity index (χ0n) is 14.4. The average Bonchev–Trinajstić information content (AvgIpc) is 2.74. The molecule has 0 spiro atoms. The van der Waals surface area contributed by atoms with Crippen LogP contribution in [0.2, 0.25) is 0 Å². The minimum Gasteiger partial charge on any atom is -0.477 e. The summed E-state index contributed by atoms with van der Waals surface area (Å²) < 4.78 is 35.6. The molecule has 0 aromatic rings. The number of hydrogen-bond donors (Lipinski definition) is 3. The van der Waals surface area contributed by atoms with Gasteiger partial charge < -0.3 is 15.3 Å². The molecule has 2 rings (SSSR count). The van der Waals surface area contributed by atoms with Crippen molar-refractivity contribution in [1.29, 1.82) is 0 Å². The lowest BCUT2D eigenvalue weighted by molar-refractivity contribution is -0.166. The van der Waals surface area contributed by atoms with Crippen LogP contribution in [0, 0.1) is 5.92 Å². The number of amides is 2. The first-order valence-corrected chi connectivity index (χ1v) is 10.0. The lowest BCUT2D eigenvalue weighted by atomic mass is 9.76. The molecule has 1 fully saturated rings. The van der Waals surface area contributed by atoms with Crippen LogP contribution in [-0.2, 0) is 29.0 Å². The molecule has 2 heterocycles. The summed E-state index contributed by atoms with van der Waals surface area (Å²) in [5, 5.41) is 12.0. The Hall–Kier alpha value is -1.63. The second-order valence-electron chi connectivity index (χ2n) is 6.48. The first kappa shape index (κ1) is 20.7. The highest BCUT2D eigenvalue weighted by molar-refractivity contribution is 8.03. The van der Waals surface area contributed by atoms with Crippen molar-refractivity contribution < 1.29 is 36.6 Å². The molecular formula is C14H20N2O8S2. The number of hydrogen-bond acceptors (Lipinski definition) is 7. The Kier molecular flexibility index (Phi) is 5.71. The fourth-order valence-corrected chi connectivity index (χ4v) is 4.99. The van der Waals surface area contributed by atoms with Gasteiger partial charge in [-0.1, -0.05) is 0 Å². The number of nitrogens with one attached hydrogen (secondary N) is 1. The van der Waals surface area contributed by atoms with Gasteiger partial charge in [0.05, 0.1) is 17.6 Å². The lowest BCUT2D eigenvalue weighted by Crippen LogP contribution is -2.66. The van der Waals surface area contributed by atoms with E-state index in [4.69, 9.17) is 4.55 Å². The molecular weight excluding hydrogens is 388 g/mol. The molecule has 26 heavy (non-hydrogen) atoms. The van der Waals surface area contributed by atoms with Gasteiger partial charge in [-0.15, -0.1) is 11.8 Å². The predicted octanol–water partition coefficient (Wildman–Crippen LogP) is -0.0194. The zero-order valence-corrected chi connectivity index (χ0v) is 16.0. The van der Waals surface area contributed by atoms with E-state index in [-0.39, 0.29) is 18.0 Å². The second-order valence-corrected chi connectivity index (χ2v) is 8.69. The number of carboxylic acid groups (broad SMARTS) is 1. The number of β-lactam (4-membered cyclic amide) rings is 1. The smallest absolute Gasteiger partial charge is 0.397 e. The summed E-state index contributed by atoms with van der Waals surface area (Å²) in [5.41, 5.74) is -1.65. The summed E-state index contributed by atoms with van der Waals surface area (Å²) in [7, 11) is -4.77. The maximum atomic E-state index is 12.5. The van der Waals surface area contributed by atoms with Crippen molar-refractivity contribution in [3.63, 3.8) is 0 Å².